The molecule has 0 bridgehead atoms. The lowest BCUT2D eigenvalue weighted by molar-refractivity contribution is 0.748. The molecule has 120 valence electrons. The quantitative estimate of drug-likeness (QED) is 0.435. The van der Waals surface area contributed by atoms with Crippen LogP contribution in [-0.4, -0.2) is 11.5 Å². The molecule has 0 unspecified atom stereocenters. The van der Waals surface area contributed by atoms with Crippen molar-refractivity contribution in [3.05, 3.63) is 55.9 Å². The third kappa shape index (κ3) is 3.66. The van der Waals surface area contributed by atoms with Gasteiger partial charge < -0.3 is 10.7 Å². The van der Waals surface area contributed by atoms with Crippen molar-refractivity contribution in [2.24, 2.45) is 5.73 Å². The summed E-state index contributed by atoms with van der Waals surface area (Å²) in [6.45, 7) is 0.723. The minimum atomic E-state index is 0.723. The first-order valence-corrected chi connectivity index (χ1v) is 9.52. The Kier molecular flexibility index (Phi) is 5.47. The molecule has 0 aliphatic heterocycles. The molecule has 0 aliphatic rings. The van der Waals surface area contributed by atoms with Gasteiger partial charge in [-0.25, -0.2) is 0 Å². The highest BCUT2D eigenvalue weighted by Gasteiger charge is 2.15. The predicted molar refractivity (Wildman–Crippen MR) is 106 cm³/mol. The van der Waals surface area contributed by atoms with E-state index < -0.39 is 0 Å². The van der Waals surface area contributed by atoms with Gasteiger partial charge >= 0.3 is 0 Å². The zero-order valence-corrected chi connectivity index (χ0v) is 16.4. The summed E-state index contributed by atoms with van der Waals surface area (Å²) in [6, 6.07) is 12.4. The van der Waals surface area contributed by atoms with Gasteiger partial charge in [-0.05, 0) is 61.2 Å². The number of benzene rings is 2. The van der Waals surface area contributed by atoms with Gasteiger partial charge in [0.2, 0.25) is 0 Å². The molecule has 3 N–H and O–H groups in total. The number of nitrogens with two attached hydrogens (primary N) is 1. The fourth-order valence-electron chi connectivity index (χ4n) is 2.84. The van der Waals surface area contributed by atoms with Crippen molar-refractivity contribution < 1.29 is 0 Å². The number of aromatic amines is 1. The first kappa shape index (κ1) is 17.0. The van der Waals surface area contributed by atoms with E-state index in [0.717, 1.165) is 51.0 Å². The first-order chi connectivity index (χ1) is 11.1. The second kappa shape index (κ2) is 7.39. The van der Waals surface area contributed by atoms with Crippen LogP contribution in [0.3, 0.4) is 0 Å². The Balaban J connectivity index is 2.16. The summed E-state index contributed by atoms with van der Waals surface area (Å²) in [5, 5.41) is 1.91. The predicted octanol–water partition coefficient (Wildman–Crippen LogP) is 6.29. The highest BCUT2D eigenvalue weighted by molar-refractivity contribution is 9.10. The lowest BCUT2D eigenvalue weighted by atomic mass is 10.0. The summed E-state index contributed by atoms with van der Waals surface area (Å²) in [6.07, 6.45) is 3.07. The highest BCUT2D eigenvalue weighted by Crippen LogP contribution is 2.37. The van der Waals surface area contributed by atoms with Crippen LogP contribution in [0.1, 0.15) is 18.4 Å². The van der Waals surface area contributed by atoms with Crippen molar-refractivity contribution >= 4 is 54.4 Å². The molecule has 3 aromatic rings. The molecular formula is C18H17Br2ClN2. The van der Waals surface area contributed by atoms with Crippen LogP contribution in [0, 0.1) is 0 Å². The second-order valence-electron chi connectivity index (χ2n) is 5.54. The van der Waals surface area contributed by atoms with E-state index in [1.807, 2.05) is 6.07 Å². The van der Waals surface area contributed by atoms with E-state index in [1.54, 1.807) is 0 Å². The Hall–Kier alpha value is -0.810. The minimum absolute atomic E-state index is 0.723. The number of hydrogen-bond acceptors (Lipinski definition) is 1. The number of unbranched alkanes of at least 4 members (excludes halogenated alkanes) is 1. The Labute approximate surface area is 157 Å². The number of H-pyrrole nitrogens is 1. The largest absolute Gasteiger partial charge is 0.353 e. The van der Waals surface area contributed by atoms with E-state index in [9.17, 15) is 0 Å². The van der Waals surface area contributed by atoms with Crippen LogP contribution in [0.15, 0.2) is 45.3 Å². The number of rotatable bonds is 5. The van der Waals surface area contributed by atoms with Crippen LogP contribution in [0.4, 0.5) is 0 Å². The average molecular weight is 457 g/mol. The molecule has 0 saturated heterocycles. The summed E-state index contributed by atoms with van der Waals surface area (Å²) in [7, 11) is 0. The normalized spacial score (nSPS) is 11.3. The number of nitrogens with one attached hydrogen (secondary N) is 1. The molecule has 0 aliphatic carbocycles. The molecule has 2 nitrogen and oxygen atoms in total. The maximum Gasteiger partial charge on any atom is 0.0658 e. The summed E-state index contributed by atoms with van der Waals surface area (Å²) in [5.74, 6) is 0. The van der Waals surface area contributed by atoms with Crippen molar-refractivity contribution in [2.45, 2.75) is 19.3 Å². The Morgan fingerprint density at radius 2 is 1.74 bits per heavy atom. The summed E-state index contributed by atoms with van der Waals surface area (Å²) in [5.41, 5.74) is 10.3. The van der Waals surface area contributed by atoms with Crippen LogP contribution >= 0.6 is 43.5 Å². The number of halogens is 3. The standard InChI is InChI=1S/C18H17Br2ClN2/c19-12-6-4-11(5-7-12)17-14(3-1-2-8-22)15-9-13(20)10-16(21)18(15)23-17/h4-7,9-10,23H,1-3,8,22H2. The van der Waals surface area contributed by atoms with Crippen LogP contribution in [0.2, 0.25) is 5.02 Å². The van der Waals surface area contributed by atoms with E-state index in [-0.39, 0.29) is 0 Å². The first-order valence-electron chi connectivity index (χ1n) is 7.55. The molecule has 2 aromatic carbocycles. The molecule has 0 amide bonds. The number of hydrogen-bond donors (Lipinski definition) is 2. The van der Waals surface area contributed by atoms with Crippen molar-refractivity contribution in [3.8, 4) is 11.3 Å². The molecule has 0 spiro atoms. The van der Waals surface area contributed by atoms with Crippen molar-refractivity contribution in [1.82, 2.24) is 4.98 Å². The highest BCUT2D eigenvalue weighted by atomic mass is 79.9. The molecule has 0 saturated carbocycles. The zero-order valence-electron chi connectivity index (χ0n) is 12.5. The van der Waals surface area contributed by atoms with Crippen molar-refractivity contribution in [2.75, 3.05) is 6.54 Å². The molecule has 3 rings (SSSR count). The van der Waals surface area contributed by atoms with Gasteiger partial charge in [-0.2, -0.15) is 0 Å². The van der Waals surface area contributed by atoms with E-state index in [4.69, 9.17) is 17.3 Å². The fraction of sp³-hybridized carbons (Fsp3) is 0.222. The number of fused-ring (bicyclic) bond motifs is 1. The van der Waals surface area contributed by atoms with Gasteiger partial charge in [0.25, 0.3) is 0 Å². The number of aromatic nitrogens is 1. The van der Waals surface area contributed by atoms with Crippen LogP contribution < -0.4 is 5.73 Å². The summed E-state index contributed by atoms with van der Waals surface area (Å²) < 4.78 is 2.07. The molecule has 0 atom stereocenters. The number of aryl methyl sites for hydroxylation is 1. The van der Waals surface area contributed by atoms with Gasteiger partial charge in [0.1, 0.15) is 0 Å². The maximum atomic E-state index is 6.43. The lowest BCUT2D eigenvalue weighted by Crippen LogP contribution is -1.99. The Bertz CT molecular complexity index is 825. The van der Waals surface area contributed by atoms with Gasteiger partial charge in [-0.3, -0.25) is 0 Å². The minimum Gasteiger partial charge on any atom is -0.353 e. The smallest absolute Gasteiger partial charge is 0.0658 e. The average Bonchev–Trinajstić information content (AvgIpc) is 2.87. The van der Waals surface area contributed by atoms with Gasteiger partial charge in [0, 0.05) is 20.0 Å². The van der Waals surface area contributed by atoms with E-state index in [1.165, 1.54) is 16.5 Å². The van der Waals surface area contributed by atoms with E-state index in [2.05, 4.69) is 67.2 Å². The van der Waals surface area contributed by atoms with Gasteiger partial charge in [-0.1, -0.05) is 55.6 Å². The topological polar surface area (TPSA) is 41.8 Å². The second-order valence-corrected chi connectivity index (χ2v) is 7.78. The monoisotopic (exact) mass is 454 g/mol. The van der Waals surface area contributed by atoms with E-state index >= 15 is 0 Å². The van der Waals surface area contributed by atoms with Gasteiger partial charge in [0.15, 0.2) is 0 Å². The Morgan fingerprint density at radius 1 is 1.00 bits per heavy atom. The molecule has 1 aromatic heterocycles. The molecule has 0 radical (unpaired) electrons. The molecular weight excluding hydrogens is 439 g/mol. The third-order valence-corrected chi connectivity index (χ3v) is 5.23. The van der Waals surface area contributed by atoms with Gasteiger partial charge in [-0.15, -0.1) is 0 Å². The van der Waals surface area contributed by atoms with Gasteiger partial charge in [0.05, 0.1) is 10.5 Å². The van der Waals surface area contributed by atoms with E-state index in [0.29, 0.717) is 0 Å². The van der Waals surface area contributed by atoms with Crippen LogP contribution in [-0.2, 0) is 6.42 Å². The lowest BCUT2D eigenvalue weighted by Gasteiger charge is -2.06. The fourth-order valence-corrected chi connectivity index (χ4v) is 3.96. The molecule has 1 heterocycles. The maximum absolute atomic E-state index is 6.43. The summed E-state index contributed by atoms with van der Waals surface area (Å²) in [4.78, 5) is 3.52. The molecule has 23 heavy (non-hydrogen) atoms. The van der Waals surface area contributed by atoms with Crippen molar-refractivity contribution in [1.29, 1.82) is 0 Å². The summed E-state index contributed by atoms with van der Waals surface area (Å²) >= 11 is 13.5. The van der Waals surface area contributed by atoms with Crippen molar-refractivity contribution in [3.63, 3.8) is 0 Å². The van der Waals surface area contributed by atoms with Crippen LogP contribution in [0.25, 0.3) is 22.2 Å². The zero-order chi connectivity index (χ0) is 16.4. The Morgan fingerprint density at radius 3 is 2.43 bits per heavy atom. The SMILES string of the molecule is NCCCCc1c(-c2ccc(Br)cc2)[nH]c2c(Cl)cc(Br)cc12. The third-order valence-electron chi connectivity index (χ3n) is 3.95. The molecule has 5 heteroatoms. The molecule has 0 fully saturated rings. The van der Waals surface area contributed by atoms with Crippen LogP contribution in [0.5, 0.6) is 0 Å².